The van der Waals surface area contributed by atoms with Gasteiger partial charge in [-0.1, -0.05) is 0 Å². The lowest BCUT2D eigenvalue weighted by Crippen LogP contribution is -2.43. The highest BCUT2D eigenvalue weighted by Crippen LogP contribution is 2.25. The fraction of sp³-hybridized carbons (Fsp3) is 0.769. The van der Waals surface area contributed by atoms with E-state index < -0.39 is 5.97 Å². The lowest BCUT2D eigenvalue weighted by atomic mass is 10.1. The number of rotatable bonds is 4. The summed E-state index contributed by atoms with van der Waals surface area (Å²) in [6.07, 6.45) is 0.200. The predicted octanol–water partition coefficient (Wildman–Crippen LogP) is 0.313. The zero-order chi connectivity index (χ0) is 14.6. The molecule has 1 saturated heterocycles. The Morgan fingerprint density at radius 2 is 2.05 bits per heavy atom. The predicted molar refractivity (Wildman–Crippen MR) is 69.2 cm³/mol. The van der Waals surface area contributed by atoms with E-state index in [0.29, 0.717) is 6.54 Å². The van der Waals surface area contributed by atoms with E-state index in [0.717, 1.165) is 0 Å². The summed E-state index contributed by atoms with van der Waals surface area (Å²) in [7, 11) is 0. The second-order valence-electron chi connectivity index (χ2n) is 5.60. The van der Waals surface area contributed by atoms with Gasteiger partial charge in [0.2, 0.25) is 11.8 Å². The molecule has 6 nitrogen and oxygen atoms in total. The normalized spacial score (nSPS) is 19.5. The summed E-state index contributed by atoms with van der Waals surface area (Å²) in [5.74, 6) is -1.15. The van der Waals surface area contributed by atoms with Crippen molar-refractivity contribution in [2.24, 2.45) is 5.92 Å². The monoisotopic (exact) mass is 270 g/mol. The summed E-state index contributed by atoms with van der Waals surface area (Å²) < 4.78 is 4.72. The summed E-state index contributed by atoms with van der Waals surface area (Å²) in [5.41, 5.74) is -0.284. The number of nitrogens with one attached hydrogen (secondary N) is 1. The lowest BCUT2D eigenvalue weighted by Gasteiger charge is -2.31. The number of carbonyl (C=O) groups is 3. The highest BCUT2D eigenvalue weighted by atomic mass is 16.5. The van der Waals surface area contributed by atoms with E-state index in [9.17, 15) is 14.4 Å². The molecule has 0 aromatic heterocycles. The molecule has 0 aliphatic carbocycles. The molecule has 2 amide bonds. The fourth-order valence-corrected chi connectivity index (χ4v) is 2.05. The van der Waals surface area contributed by atoms with Gasteiger partial charge in [-0.25, -0.2) is 0 Å². The Labute approximate surface area is 113 Å². The van der Waals surface area contributed by atoms with Gasteiger partial charge in [-0.3, -0.25) is 14.4 Å². The first kappa shape index (κ1) is 15.5. The van der Waals surface area contributed by atoms with Crippen molar-refractivity contribution in [1.29, 1.82) is 0 Å². The second kappa shape index (κ2) is 6.04. The van der Waals surface area contributed by atoms with Crippen LogP contribution in [0.25, 0.3) is 0 Å². The van der Waals surface area contributed by atoms with Crippen LogP contribution in [0.1, 0.15) is 34.1 Å². The van der Waals surface area contributed by atoms with Crippen LogP contribution in [0.3, 0.4) is 0 Å². The summed E-state index contributed by atoms with van der Waals surface area (Å²) in [4.78, 5) is 36.5. The summed E-state index contributed by atoms with van der Waals surface area (Å²) in [5, 5.41) is 2.51. The molecular formula is C13H22N2O4. The molecule has 0 spiro atoms. The standard InChI is InChI=1S/C13H22N2O4/c1-5-19-11(17)7-14-12(18)9-6-10(16)15(8-9)13(2,3)4/h9H,5-8H2,1-4H3,(H,14,18)/t9-/m1/s1. The average Bonchev–Trinajstić information content (AvgIpc) is 2.68. The Morgan fingerprint density at radius 3 is 2.53 bits per heavy atom. The molecule has 1 N–H and O–H groups in total. The molecule has 0 aromatic rings. The van der Waals surface area contributed by atoms with Crippen molar-refractivity contribution in [3.8, 4) is 0 Å². The maximum atomic E-state index is 11.9. The number of hydrogen-bond donors (Lipinski definition) is 1. The second-order valence-corrected chi connectivity index (χ2v) is 5.60. The van der Waals surface area contributed by atoms with Crippen LogP contribution in [0.2, 0.25) is 0 Å². The average molecular weight is 270 g/mol. The molecule has 1 rings (SSSR count). The van der Waals surface area contributed by atoms with E-state index in [-0.39, 0.29) is 42.8 Å². The minimum Gasteiger partial charge on any atom is -0.465 e. The number of carbonyl (C=O) groups excluding carboxylic acids is 3. The number of nitrogens with zero attached hydrogens (tertiary/aromatic N) is 1. The SMILES string of the molecule is CCOC(=O)CNC(=O)[C@@H]1CC(=O)N(C(C)(C)C)C1. The first-order chi connectivity index (χ1) is 8.75. The smallest absolute Gasteiger partial charge is 0.325 e. The number of hydrogen-bond acceptors (Lipinski definition) is 4. The minimum absolute atomic E-state index is 0.0243. The molecule has 108 valence electrons. The Hall–Kier alpha value is -1.59. The molecule has 1 aliphatic rings. The largest absolute Gasteiger partial charge is 0.465 e. The molecule has 1 aliphatic heterocycles. The number of likely N-dealkylation sites (tertiary alicyclic amines) is 1. The Bertz CT molecular complexity index is 373. The molecule has 0 unspecified atom stereocenters. The number of amides is 2. The van der Waals surface area contributed by atoms with Crippen LogP contribution < -0.4 is 5.32 Å². The van der Waals surface area contributed by atoms with Gasteiger partial charge in [-0.15, -0.1) is 0 Å². The van der Waals surface area contributed by atoms with E-state index in [4.69, 9.17) is 4.74 Å². The lowest BCUT2D eigenvalue weighted by molar-refractivity contribution is -0.143. The Kier molecular flexibility index (Phi) is 4.91. The molecule has 1 fully saturated rings. The van der Waals surface area contributed by atoms with Gasteiger partial charge in [0.15, 0.2) is 0 Å². The van der Waals surface area contributed by atoms with Crippen molar-refractivity contribution in [3.05, 3.63) is 0 Å². The number of esters is 1. The van der Waals surface area contributed by atoms with Crippen molar-refractivity contribution in [3.63, 3.8) is 0 Å². The highest BCUT2D eigenvalue weighted by molar-refractivity contribution is 5.91. The van der Waals surface area contributed by atoms with E-state index in [1.807, 2.05) is 20.8 Å². The fourth-order valence-electron chi connectivity index (χ4n) is 2.05. The van der Waals surface area contributed by atoms with Crippen molar-refractivity contribution in [2.75, 3.05) is 19.7 Å². The number of ether oxygens (including phenoxy) is 1. The first-order valence-corrected chi connectivity index (χ1v) is 6.49. The van der Waals surface area contributed by atoms with Crippen LogP contribution in [-0.2, 0) is 19.1 Å². The van der Waals surface area contributed by atoms with Crippen molar-refractivity contribution in [2.45, 2.75) is 39.7 Å². The molecule has 6 heteroatoms. The van der Waals surface area contributed by atoms with Gasteiger partial charge < -0.3 is 15.0 Å². The third kappa shape index (κ3) is 4.22. The highest BCUT2D eigenvalue weighted by Gasteiger charge is 2.39. The molecule has 19 heavy (non-hydrogen) atoms. The third-order valence-electron chi connectivity index (χ3n) is 3.02. The van der Waals surface area contributed by atoms with Crippen molar-refractivity contribution < 1.29 is 19.1 Å². The van der Waals surface area contributed by atoms with Gasteiger partial charge in [0.25, 0.3) is 0 Å². The molecule has 0 saturated carbocycles. The van der Waals surface area contributed by atoms with Gasteiger partial charge in [0.1, 0.15) is 6.54 Å². The van der Waals surface area contributed by atoms with Crippen LogP contribution >= 0.6 is 0 Å². The Balaban J connectivity index is 2.48. The third-order valence-corrected chi connectivity index (χ3v) is 3.02. The quantitative estimate of drug-likeness (QED) is 0.746. The molecule has 0 bridgehead atoms. The zero-order valence-corrected chi connectivity index (χ0v) is 12.0. The molecule has 1 atom stereocenters. The van der Waals surface area contributed by atoms with Crippen LogP contribution in [0.4, 0.5) is 0 Å². The van der Waals surface area contributed by atoms with E-state index >= 15 is 0 Å². The summed E-state index contributed by atoms with van der Waals surface area (Å²) in [6, 6.07) is 0. The van der Waals surface area contributed by atoms with E-state index in [1.54, 1.807) is 11.8 Å². The van der Waals surface area contributed by atoms with Crippen LogP contribution in [0.5, 0.6) is 0 Å². The topological polar surface area (TPSA) is 75.7 Å². The molecule has 0 radical (unpaired) electrons. The molecule has 1 heterocycles. The zero-order valence-electron chi connectivity index (χ0n) is 12.0. The Morgan fingerprint density at radius 1 is 1.42 bits per heavy atom. The first-order valence-electron chi connectivity index (χ1n) is 6.49. The molecule has 0 aromatic carbocycles. The van der Waals surface area contributed by atoms with Gasteiger partial charge >= 0.3 is 5.97 Å². The minimum atomic E-state index is -0.465. The maximum absolute atomic E-state index is 11.9. The van der Waals surface area contributed by atoms with Crippen LogP contribution in [-0.4, -0.2) is 47.9 Å². The summed E-state index contributed by atoms with van der Waals surface area (Å²) >= 11 is 0. The van der Waals surface area contributed by atoms with Crippen LogP contribution in [0.15, 0.2) is 0 Å². The van der Waals surface area contributed by atoms with Crippen molar-refractivity contribution in [1.82, 2.24) is 10.2 Å². The summed E-state index contributed by atoms with van der Waals surface area (Å²) in [6.45, 7) is 8.05. The van der Waals surface area contributed by atoms with E-state index in [2.05, 4.69) is 5.32 Å². The van der Waals surface area contributed by atoms with Crippen LogP contribution in [0, 0.1) is 5.92 Å². The van der Waals surface area contributed by atoms with Gasteiger partial charge in [0.05, 0.1) is 12.5 Å². The van der Waals surface area contributed by atoms with Gasteiger partial charge in [-0.05, 0) is 27.7 Å². The van der Waals surface area contributed by atoms with Crippen molar-refractivity contribution >= 4 is 17.8 Å². The van der Waals surface area contributed by atoms with Gasteiger partial charge in [0, 0.05) is 18.5 Å². The van der Waals surface area contributed by atoms with Gasteiger partial charge in [-0.2, -0.15) is 0 Å². The maximum Gasteiger partial charge on any atom is 0.325 e. The molecular weight excluding hydrogens is 248 g/mol. The van der Waals surface area contributed by atoms with E-state index in [1.165, 1.54) is 0 Å².